The number of hydrogen-bond donors (Lipinski definition) is 1. The Bertz CT molecular complexity index is 628. The zero-order valence-corrected chi connectivity index (χ0v) is 11.8. The minimum Gasteiger partial charge on any atom is -0.357 e. The molecule has 106 valence electrons. The summed E-state index contributed by atoms with van der Waals surface area (Å²) in [7, 11) is 0. The van der Waals surface area contributed by atoms with E-state index in [4.69, 9.17) is 0 Å². The van der Waals surface area contributed by atoms with Gasteiger partial charge in [0.05, 0.1) is 6.20 Å². The lowest BCUT2D eigenvalue weighted by Crippen LogP contribution is -2.30. The Kier molecular flexibility index (Phi) is 3.30. The minimum atomic E-state index is -0.124. The van der Waals surface area contributed by atoms with Crippen LogP contribution in [0.5, 0.6) is 0 Å². The largest absolute Gasteiger partial charge is 0.357 e. The SMILES string of the molecule is CC(C)NC(=O)c1cnn2ccc(N3CCCC3)nc12. The molecule has 1 amide bonds. The molecule has 1 aliphatic rings. The van der Waals surface area contributed by atoms with Crippen LogP contribution in [0.3, 0.4) is 0 Å². The first kappa shape index (κ1) is 12.9. The highest BCUT2D eigenvalue weighted by Crippen LogP contribution is 2.19. The van der Waals surface area contributed by atoms with Crippen LogP contribution in [0.25, 0.3) is 5.65 Å². The lowest BCUT2D eigenvalue weighted by atomic mass is 10.3. The summed E-state index contributed by atoms with van der Waals surface area (Å²) < 4.78 is 1.65. The van der Waals surface area contributed by atoms with E-state index in [0.717, 1.165) is 18.9 Å². The average molecular weight is 273 g/mol. The van der Waals surface area contributed by atoms with E-state index < -0.39 is 0 Å². The number of fused-ring (bicyclic) bond motifs is 1. The van der Waals surface area contributed by atoms with Crippen molar-refractivity contribution in [2.75, 3.05) is 18.0 Å². The van der Waals surface area contributed by atoms with Crippen molar-refractivity contribution in [3.8, 4) is 0 Å². The Morgan fingerprint density at radius 2 is 2.10 bits per heavy atom. The fourth-order valence-electron chi connectivity index (χ4n) is 2.48. The molecule has 3 rings (SSSR count). The van der Waals surface area contributed by atoms with Crippen LogP contribution in [0.1, 0.15) is 37.0 Å². The van der Waals surface area contributed by atoms with Crippen molar-refractivity contribution in [1.82, 2.24) is 19.9 Å². The molecule has 0 radical (unpaired) electrons. The first-order valence-electron chi connectivity index (χ1n) is 7.05. The Balaban J connectivity index is 1.96. The molecule has 1 fully saturated rings. The molecule has 0 aliphatic carbocycles. The van der Waals surface area contributed by atoms with Gasteiger partial charge in [-0.25, -0.2) is 9.50 Å². The van der Waals surface area contributed by atoms with Crippen LogP contribution in [-0.4, -0.2) is 39.6 Å². The summed E-state index contributed by atoms with van der Waals surface area (Å²) >= 11 is 0. The van der Waals surface area contributed by atoms with Crippen molar-refractivity contribution < 1.29 is 4.79 Å². The highest BCUT2D eigenvalue weighted by molar-refractivity contribution is 5.99. The number of rotatable bonds is 3. The zero-order valence-electron chi connectivity index (χ0n) is 11.8. The standard InChI is InChI=1S/C14H19N5O/c1-10(2)16-14(20)11-9-15-19-8-5-12(17-13(11)19)18-6-3-4-7-18/h5,8-10H,3-4,6-7H2,1-2H3,(H,16,20). The molecule has 0 saturated carbocycles. The van der Waals surface area contributed by atoms with Crippen LogP contribution in [0, 0.1) is 0 Å². The molecule has 1 N–H and O–H groups in total. The van der Waals surface area contributed by atoms with Crippen molar-refractivity contribution in [2.45, 2.75) is 32.7 Å². The normalized spacial score (nSPS) is 15.2. The van der Waals surface area contributed by atoms with E-state index in [0.29, 0.717) is 11.2 Å². The fourth-order valence-corrected chi connectivity index (χ4v) is 2.48. The second kappa shape index (κ2) is 5.11. The van der Waals surface area contributed by atoms with Gasteiger partial charge < -0.3 is 10.2 Å². The van der Waals surface area contributed by atoms with Crippen LogP contribution in [-0.2, 0) is 0 Å². The maximum atomic E-state index is 12.1. The van der Waals surface area contributed by atoms with E-state index in [-0.39, 0.29) is 11.9 Å². The van der Waals surface area contributed by atoms with Crippen molar-refractivity contribution in [3.05, 3.63) is 24.0 Å². The third-order valence-corrected chi connectivity index (χ3v) is 3.45. The first-order valence-corrected chi connectivity index (χ1v) is 7.05. The smallest absolute Gasteiger partial charge is 0.256 e. The van der Waals surface area contributed by atoms with Gasteiger partial charge in [0.2, 0.25) is 0 Å². The van der Waals surface area contributed by atoms with E-state index in [9.17, 15) is 4.79 Å². The molecule has 2 aromatic rings. The number of anilines is 1. The van der Waals surface area contributed by atoms with Gasteiger partial charge in [0.1, 0.15) is 11.4 Å². The van der Waals surface area contributed by atoms with Crippen LogP contribution >= 0.6 is 0 Å². The molecule has 0 spiro atoms. The molecule has 1 saturated heterocycles. The van der Waals surface area contributed by atoms with Gasteiger partial charge in [-0.2, -0.15) is 5.10 Å². The van der Waals surface area contributed by atoms with Gasteiger partial charge in [-0.15, -0.1) is 0 Å². The van der Waals surface area contributed by atoms with Crippen LogP contribution in [0.4, 0.5) is 5.82 Å². The summed E-state index contributed by atoms with van der Waals surface area (Å²) in [5.41, 5.74) is 1.15. The number of carbonyl (C=O) groups is 1. The van der Waals surface area contributed by atoms with E-state index in [2.05, 4.69) is 20.3 Å². The van der Waals surface area contributed by atoms with Crippen molar-refractivity contribution in [2.24, 2.45) is 0 Å². The number of carbonyl (C=O) groups excluding carboxylic acids is 1. The highest BCUT2D eigenvalue weighted by atomic mass is 16.1. The average Bonchev–Trinajstić information content (AvgIpc) is 3.06. The van der Waals surface area contributed by atoms with Crippen molar-refractivity contribution in [3.63, 3.8) is 0 Å². The third-order valence-electron chi connectivity index (χ3n) is 3.45. The summed E-state index contributed by atoms with van der Waals surface area (Å²) in [5.74, 6) is 0.801. The molecule has 0 unspecified atom stereocenters. The molecular weight excluding hydrogens is 254 g/mol. The van der Waals surface area contributed by atoms with Crippen molar-refractivity contribution in [1.29, 1.82) is 0 Å². The summed E-state index contributed by atoms with van der Waals surface area (Å²) in [4.78, 5) is 19.0. The van der Waals surface area contributed by atoms with Gasteiger partial charge in [-0.1, -0.05) is 0 Å². The number of aromatic nitrogens is 3. The van der Waals surface area contributed by atoms with Gasteiger partial charge in [-0.05, 0) is 32.8 Å². The zero-order chi connectivity index (χ0) is 14.1. The molecule has 6 heteroatoms. The molecule has 20 heavy (non-hydrogen) atoms. The summed E-state index contributed by atoms with van der Waals surface area (Å²) in [6.45, 7) is 5.94. The van der Waals surface area contributed by atoms with Crippen molar-refractivity contribution >= 4 is 17.4 Å². The molecule has 0 aromatic carbocycles. The predicted molar refractivity (Wildman–Crippen MR) is 77.0 cm³/mol. The Labute approximate surface area is 117 Å². The monoisotopic (exact) mass is 273 g/mol. The first-order chi connectivity index (χ1) is 9.65. The molecule has 0 bridgehead atoms. The number of nitrogens with one attached hydrogen (secondary N) is 1. The highest BCUT2D eigenvalue weighted by Gasteiger charge is 2.18. The molecule has 3 heterocycles. The second-order valence-electron chi connectivity index (χ2n) is 5.43. The number of nitrogens with zero attached hydrogens (tertiary/aromatic N) is 4. The van der Waals surface area contributed by atoms with Crippen LogP contribution < -0.4 is 10.2 Å². The summed E-state index contributed by atoms with van der Waals surface area (Å²) in [6.07, 6.45) is 5.84. The molecule has 0 atom stereocenters. The number of hydrogen-bond acceptors (Lipinski definition) is 4. The van der Waals surface area contributed by atoms with Crippen LogP contribution in [0.15, 0.2) is 18.5 Å². The van der Waals surface area contributed by atoms with Gasteiger partial charge >= 0.3 is 0 Å². The van der Waals surface area contributed by atoms with Crippen LogP contribution in [0.2, 0.25) is 0 Å². The van der Waals surface area contributed by atoms with E-state index in [1.165, 1.54) is 12.8 Å². The quantitative estimate of drug-likeness (QED) is 0.920. The number of amides is 1. The second-order valence-corrected chi connectivity index (χ2v) is 5.43. The van der Waals surface area contributed by atoms with Gasteiger partial charge in [0.15, 0.2) is 5.65 Å². The molecule has 6 nitrogen and oxygen atoms in total. The lowest BCUT2D eigenvalue weighted by Gasteiger charge is -2.16. The van der Waals surface area contributed by atoms with Gasteiger partial charge in [0.25, 0.3) is 5.91 Å². The molecule has 2 aromatic heterocycles. The fraction of sp³-hybridized carbons (Fsp3) is 0.500. The van der Waals surface area contributed by atoms with E-state index in [1.807, 2.05) is 26.1 Å². The van der Waals surface area contributed by atoms with E-state index in [1.54, 1.807) is 10.7 Å². The predicted octanol–water partition coefficient (Wildman–Crippen LogP) is 1.47. The third kappa shape index (κ3) is 2.33. The van der Waals surface area contributed by atoms with Gasteiger partial charge in [0, 0.05) is 25.3 Å². The van der Waals surface area contributed by atoms with E-state index >= 15 is 0 Å². The Morgan fingerprint density at radius 3 is 2.80 bits per heavy atom. The Morgan fingerprint density at radius 1 is 1.35 bits per heavy atom. The van der Waals surface area contributed by atoms with Gasteiger partial charge in [-0.3, -0.25) is 4.79 Å². The minimum absolute atomic E-state index is 0.0965. The maximum Gasteiger partial charge on any atom is 0.256 e. The lowest BCUT2D eigenvalue weighted by molar-refractivity contribution is 0.0944. The summed E-state index contributed by atoms with van der Waals surface area (Å²) in [5, 5.41) is 7.07. The molecule has 1 aliphatic heterocycles. The maximum absolute atomic E-state index is 12.1. The molecular formula is C14H19N5O. The topological polar surface area (TPSA) is 62.5 Å². The Hall–Kier alpha value is -2.11. The summed E-state index contributed by atoms with van der Waals surface area (Å²) in [6, 6.07) is 2.05.